The lowest BCUT2D eigenvalue weighted by atomic mass is 10.2. The van der Waals surface area contributed by atoms with E-state index in [1.807, 2.05) is 5.43 Å². The Morgan fingerprint density at radius 1 is 1.45 bits per heavy atom. The highest BCUT2D eigenvalue weighted by Gasteiger charge is 2.27. The molecule has 0 atom stereocenters. The van der Waals surface area contributed by atoms with Gasteiger partial charge in [-0.2, -0.15) is 13.2 Å². The van der Waals surface area contributed by atoms with Crippen molar-refractivity contribution in [2.24, 2.45) is 5.84 Å². The number of nitrogens with two attached hydrogens (primary N) is 1. The van der Waals surface area contributed by atoms with E-state index in [4.69, 9.17) is 5.84 Å². The van der Waals surface area contributed by atoms with Gasteiger partial charge in [0.25, 0.3) is 5.91 Å². The summed E-state index contributed by atoms with van der Waals surface area (Å²) < 4.78 is 53.2. The summed E-state index contributed by atoms with van der Waals surface area (Å²) in [6.07, 6.45) is -3.27. The molecule has 1 amide bonds. The van der Waals surface area contributed by atoms with Gasteiger partial charge in [-0.25, -0.2) is 15.2 Å². The first-order chi connectivity index (χ1) is 9.35. The Kier molecular flexibility index (Phi) is 5.65. The van der Waals surface area contributed by atoms with E-state index >= 15 is 0 Å². The number of aromatic nitrogens is 1. The minimum absolute atomic E-state index is 0.192. The van der Waals surface area contributed by atoms with E-state index in [-0.39, 0.29) is 24.5 Å². The van der Waals surface area contributed by atoms with E-state index in [2.05, 4.69) is 15.0 Å². The molecule has 0 saturated heterocycles. The first-order valence-corrected chi connectivity index (χ1v) is 5.39. The fourth-order valence-corrected chi connectivity index (χ4v) is 1.24. The van der Waals surface area contributed by atoms with Crippen LogP contribution in [0.2, 0.25) is 0 Å². The molecule has 0 radical (unpaired) electrons. The van der Waals surface area contributed by atoms with Gasteiger partial charge in [0, 0.05) is 12.7 Å². The summed E-state index contributed by atoms with van der Waals surface area (Å²) in [5.74, 6) is 2.91. The number of hydrogen-bond donors (Lipinski definition) is 3. The number of ether oxygens (including phenoxy) is 1. The van der Waals surface area contributed by atoms with Crippen LogP contribution >= 0.6 is 0 Å². The van der Waals surface area contributed by atoms with Crippen LogP contribution in [0.25, 0.3) is 0 Å². The van der Waals surface area contributed by atoms with E-state index < -0.39 is 24.5 Å². The Balaban J connectivity index is 2.44. The third kappa shape index (κ3) is 4.97. The number of anilines is 1. The number of hydrogen-bond acceptors (Lipinski definition) is 5. The zero-order valence-corrected chi connectivity index (χ0v) is 10.1. The van der Waals surface area contributed by atoms with Crippen LogP contribution in [-0.4, -0.2) is 36.8 Å². The Morgan fingerprint density at radius 3 is 2.75 bits per heavy atom. The maximum absolute atomic E-state index is 13.6. The van der Waals surface area contributed by atoms with Gasteiger partial charge in [-0.1, -0.05) is 0 Å². The first kappa shape index (κ1) is 16.1. The molecule has 1 heterocycles. The molecule has 0 fully saturated rings. The molecule has 10 heteroatoms. The summed E-state index contributed by atoms with van der Waals surface area (Å²) in [6.45, 7) is -1.95. The average Bonchev–Trinajstić information content (AvgIpc) is 2.37. The SMILES string of the molecule is NNc1nccc(C(=O)NCCOCC(F)(F)F)c1F. The van der Waals surface area contributed by atoms with Crippen molar-refractivity contribution in [2.45, 2.75) is 6.18 Å². The van der Waals surface area contributed by atoms with Crippen LogP contribution in [0.3, 0.4) is 0 Å². The average molecular weight is 296 g/mol. The molecule has 0 aliphatic rings. The summed E-state index contributed by atoms with van der Waals surface area (Å²) in [5.41, 5.74) is 1.64. The van der Waals surface area contributed by atoms with Gasteiger partial charge in [0.1, 0.15) is 6.61 Å². The van der Waals surface area contributed by atoms with Crippen LogP contribution < -0.4 is 16.6 Å². The minimum Gasteiger partial charge on any atom is -0.370 e. The summed E-state index contributed by atoms with van der Waals surface area (Å²) in [5, 5.41) is 2.21. The summed E-state index contributed by atoms with van der Waals surface area (Å²) >= 11 is 0. The van der Waals surface area contributed by atoms with Crippen LogP contribution in [0.4, 0.5) is 23.4 Å². The Bertz CT molecular complexity index is 467. The van der Waals surface area contributed by atoms with Crippen molar-refractivity contribution in [3.8, 4) is 0 Å². The molecule has 6 nitrogen and oxygen atoms in total. The second-order valence-electron chi connectivity index (χ2n) is 3.59. The second kappa shape index (κ2) is 7.01. The lowest BCUT2D eigenvalue weighted by Gasteiger charge is -2.09. The molecule has 4 N–H and O–H groups in total. The van der Waals surface area contributed by atoms with Crippen molar-refractivity contribution in [3.63, 3.8) is 0 Å². The number of carbonyl (C=O) groups excluding carboxylic acids is 1. The van der Waals surface area contributed by atoms with Gasteiger partial charge >= 0.3 is 6.18 Å². The molecule has 1 rings (SSSR count). The highest BCUT2D eigenvalue weighted by atomic mass is 19.4. The molecule has 0 aromatic carbocycles. The van der Waals surface area contributed by atoms with Crippen molar-refractivity contribution in [1.29, 1.82) is 0 Å². The molecular weight excluding hydrogens is 284 g/mol. The molecule has 0 saturated carbocycles. The molecule has 0 bridgehead atoms. The maximum atomic E-state index is 13.6. The highest BCUT2D eigenvalue weighted by Crippen LogP contribution is 2.14. The predicted octanol–water partition coefficient (Wildman–Crippen LogP) is 0.815. The van der Waals surface area contributed by atoms with Crippen LogP contribution in [-0.2, 0) is 4.74 Å². The van der Waals surface area contributed by atoms with E-state index in [9.17, 15) is 22.4 Å². The Labute approximate surface area is 111 Å². The second-order valence-corrected chi connectivity index (χ2v) is 3.59. The predicted molar refractivity (Wildman–Crippen MR) is 61.2 cm³/mol. The number of rotatable bonds is 6. The fraction of sp³-hybridized carbons (Fsp3) is 0.400. The number of halogens is 4. The Morgan fingerprint density at radius 2 is 2.15 bits per heavy atom. The minimum atomic E-state index is -4.43. The quantitative estimate of drug-likeness (QED) is 0.313. The van der Waals surface area contributed by atoms with Gasteiger partial charge in [0.05, 0.1) is 12.2 Å². The van der Waals surface area contributed by atoms with Crippen molar-refractivity contribution in [3.05, 3.63) is 23.6 Å². The molecule has 20 heavy (non-hydrogen) atoms. The van der Waals surface area contributed by atoms with Crippen LogP contribution in [0, 0.1) is 5.82 Å². The molecule has 0 spiro atoms. The van der Waals surface area contributed by atoms with Gasteiger partial charge in [-0.3, -0.25) is 4.79 Å². The number of nitrogens with one attached hydrogen (secondary N) is 2. The normalized spacial score (nSPS) is 11.2. The van der Waals surface area contributed by atoms with Gasteiger partial charge in [0.2, 0.25) is 0 Å². The molecule has 0 unspecified atom stereocenters. The lowest BCUT2D eigenvalue weighted by Crippen LogP contribution is -2.29. The highest BCUT2D eigenvalue weighted by molar-refractivity contribution is 5.95. The van der Waals surface area contributed by atoms with E-state index in [1.54, 1.807) is 0 Å². The first-order valence-electron chi connectivity index (χ1n) is 5.39. The molecule has 0 aliphatic carbocycles. The van der Waals surface area contributed by atoms with Gasteiger partial charge in [-0.15, -0.1) is 0 Å². The van der Waals surface area contributed by atoms with Crippen molar-refractivity contribution in [1.82, 2.24) is 10.3 Å². The largest absolute Gasteiger partial charge is 0.411 e. The number of pyridine rings is 1. The van der Waals surface area contributed by atoms with E-state index in [1.165, 1.54) is 0 Å². The third-order valence-electron chi connectivity index (χ3n) is 2.07. The number of alkyl halides is 3. The van der Waals surface area contributed by atoms with E-state index in [0.717, 1.165) is 12.3 Å². The molecule has 1 aromatic rings. The fourth-order valence-electron chi connectivity index (χ4n) is 1.24. The summed E-state index contributed by atoms with van der Waals surface area (Å²) in [6, 6.07) is 1.11. The van der Waals surface area contributed by atoms with Crippen molar-refractivity contribution >= 4 is 11.7 Å². The van der Waals surface area contributed by atoms with Gasteiger partial charge in [0.15, 0.2) is 11.6 Å². The summed E-state index contributed by atoms with van der Waals surface area (Å²) in [4.78, 5) is 15.1. The zero-order valence-electron chi connectivity index (χ0n) is 10.1. The molecule has 0 aliphatic heterocycles. The number of amides is 1. The Hall–Kier alpha value is -1.94. The third-order valence-corrected chi connectivity index (χ3v) is 2.07. The lowest BCUT2D eigenvalue weighted by molar-refractivity contribution is -0.173. The summed E-state index contributed by atoms with van der Waals surface area (Å²) in [7, 11) is 0. The molecule has 1 aromatic heterocycles. The topological polar surface area (TPSA) is 89.3 Å². The zero-order chi connectivity index (χ0) is 15.2. The van der Waals surface area contributed by atoms with Gasteiger partial charge in [-0.05, 0) is 6.07 Å². The van der Waals surface area contributed by atoms with Crippen LogP contribution in [0.5, 0.6) is 0 Å². The molecule has 112 valence electrons. The van der Waals surface area contributed by atoms with Crippen molar-refractivity contribution < 1.29 is 27.1 Å². The standard InChI is InChI=1S/C10H12F4N4O2/c11-7-6(1-2-16-8(7)18-15)9(19)17-3-4-20-5-10(12,13)14/h1-2H,3-5,15H2,(H,16,18)(H,17,19). The number of nitrogens with zero attached hydrogens (tertiary/aromatic N) is 1. The monoisotopic (exact) mass is 296 g/mol. The van der Waals surface area contributed by atoms with Crippen LogP contribution in [0.15, 0.2) is 12.3 Å². The number of nitrogen functional groups attached to an aromatic ring is 1. The van der Waals surface area contributed by atoms with E-state index in [0.29, 0.717) is 0 Å². The number of carbonyl (C=O) groups is 1. The number of hydrazine groups is 1. The van der Waals surface area contributed by atoms with Crippen LogP contribution in [0.1, 0.15) is 10.4 Å². The smallest absolute Gasteiger partial charge is 0.370 e. The maximum Gasteiger partial charge on any atom is 0.411 e. The van der Waals surface area contributed by atoms with Gasteiger partial charge < -0.3 is 15.5 Å². The molecular formula is C10H12F4N4O2. The van der Waals surface area contributed by atoms with Crippen molar-refractivity contribution in [2.75, 3.05) is 25.2 Å².